The first-order valence-electron chi connectivity index (χ1n) is 14.8. The van der Waals surface area contributed by atoms with Crippen LogP contribution in [0.15, 0.2) is 48.5 Å². The van der Waals surface area contributed by atoms with Crippen molar-refractivity contribution in [1.82, 2.24) is 15.5 Å². The van der Waals surface area contributed by atoms with Crippen molar-refractivity contribution in [2.24, 2.45) is 0 Å². The van der Waals surface area contributed by atoms with Crippen LogP contribution in [0, 0.1) is 13.8 Å². The van der Waals surface area contributed by atoms with Gasteiger partial charge in [0.1, 0.15) is 17.7 Å². The largest absolute Gasteiger partial charge is 0.444 e. The van der Waals surface area contributed by atoms with Crippen LogP contribution in [-0.2, 0) is 20.7 Å². The Kier molecular flexibility index (Phi) is 12.4. The minimum Gasteiger partial charge on any atom is -0.444 e. The van der Waals surface area contributed by atoms with Crippen LogP contribution in [0.3, 0.4) is 0 Å². The molecule has 0 heterocycles. The summed E-state index contributed by atoms with van der Waals surface area (Å²) < 4.78 is 5.54. The maximum Gasteiger partial charge on any atom is 0.408 e. The molecule has 0 aliphatic rings. The molecule has 0 aliphatic heterocycles. The van der Waals surface area contributed by atoms with E-state index in [9.17, 15) is 14.4 Å². The summed E-state index contributed by atoms with van der Waals surface area (Å²) in [7, 11) is 0. The molecule has 2 atom stereocenters. The van der Waals surface area contributed by atoms with Crippen molar-refractivity contribution in [3.63, 3.8) is 0 Å². The van der Waals surface area contributed by atoms with Crippen molar-refractivity contribution in [2.75, 3.05) is 6.54 Å². The molecule has 0 aliphatic carbocycles. The number of hydrogen-bond acceptors (Lipinski definition) is 4. The first-order valence-corrected chi connectivity index (χ1v) is 14.8. The van der Waals surface area contributed by atoms with Crippen LogP contribution in [-0.4, -0.2) is 46.5 Å². The highest BCUT2D eigenvalue weighted by atomic mass is 16.6. The number of benzene rings is 2. The van der Waals surface area contributed by atoms with Crippen LogP contribution in [0.5, 0.6) is 0 Å². The average Bonchev–Trinajstić information content (AvgIpc) is 2.85. The quantitative estimate of drug-likeness (QED) is 0.277. The van der Waals surface area contributed by atoms with E-state index in [4.69, 9.17) is 4.74 Å². The molecule has 7 heteroatoms. The summed E-state index contributed by atoms with van der Waals surface area (Å²) in [5, 5.41) is 5.96. The van der Waals surface area contributed by atoms with Crippen LogP contribution in [0.2, 0.25) is 0 Å². The van der Waals surface area contributed by atoms with Crippen LogP contribution < -0.4 is 10.6 Å². The molecule has 0 radical (unpaired) electrons. The second-order valence-corrected chi connectivity index (χ2v) is 13.0. The van der Waals surface area contributed by atoms with Gasteiger partial charge in [-0.25, -0.2) is 4.79 Å². The van der Waals surface area contributed by atoms with Gasteiger partial charge in [0.15, 0.2) is 0 Å². The highest BCUT2D eigenvalue weighted by Gasteiger charge is 2.37. The second-order valence-electron chi connectivity index (χ2n) is 13.0. The van der Waals surface area contributed by atoms with Crippen molar-refractivity contribution in [2.45, 2.75) is 118 Å². The highest BCUT2D eigenvalue weighted by molar-refractivity contribution is 5.92. The third-order valence-corrected chi connectivity index (χ3v) is 6.59. The number of unbranched alkanes of at least 4 members (excludes halogenated alkanes) is 3. The first kappa shape index (κ1) is 33.9. The second kappa shape index (κ2) is 15.0. The lowest BCUT2D eigenvalue weighted by molar-refractivity contribution is -0.143. The Morgan fingerprint density at radius 1 is 0.902 bits per heavy atom. The van der Waals surface area contributed by atoms with Gasteiger partial charge in [0, 0.05) is 18.5 Å². The minimum absolute atomic E-state index is 0.245. The third-order valence-electron chi connectivity index (χ3n) is 6.59. The molecule has 7 nitrogen and oxygen atoms in total. The van der Waals surface area contributed by atoms with Crippen molar-refractivity contribution in [3.05, 3.63) is 70.8 Å². The lowest BCUT2D eigenvalue weighted by atomic mass is 9.94. The molecular weight excluding hydrogens is 514 g/mol. The summed E-state index contributed by atoms with van der Waals surface area (Å²) >= 11 is 0. The van der Waals surface area contributed by atoms with E-state index >= 15 is 0 Å². The van der Waals surface area contributed by atoms with Crippen LogP contribution in [0.25, 0.3) is 0 Å². The van der Waals surface area contributed by atoms with Crippen molar-refractivity contribution < 1.29 is 19.1 Å². The van der Waals surface area contributed by atoms with Gasteiger partial charge in [-0.3, -0.25) is 9.59 Å². The van der Waals surface area contributed by atoms with Gasteiger partial charge in [-0.1, -0.05) is 80.3 Å². The molecule has 41 heavy (non-hydrogen) atoms. The normalized spacial score (nSPS) is 13.2. The lowest BCUT2D eigenvalue weighted by Gasteiger charge is -2.37. The number of nitrogens with zero attached hydrogens (tertiary/aromatic N) is 1. The Bertz CT molecular complexity index is 1150. The molecule has 2 aromatic carbocycles. The van der Waals surface area contributed by atoms with Crippen LogP contribution >= 0.6 is 0 Å². The topological polar surface area (TPSA) is 87.7 Å². The number of alkyl carbamates (subject to hydrolysis) is 1. The number of ether oxygens (including phenoxy) is 1. The summed E-state index contributed by atoms with van der Waals surface area (Å²) in [6, 6.07) is 13.8. The third kappa shape index (κ3) is 11.6. The van der Waals surface area contributed by atoms with Crippen molar-refractivity contribution in [3.8, 4) is 0 Å². The van der Waals surface area contributed by atoms with E-state index in [0.29, 0.717) is 6.54 Å². The van der Waals surface area contributed by atoms with Crippen molar-refractivity contribution >= 4 is 17.9 Å². The van der Waals surface area contributed by atoms with E-state index < -0.39 is 29.3 Å². The van der Waals surface area contributed by atoms with Gasteiger partial charge in [-0.15, -0.1) is 0 Å². The van der Waals surface area contributed by atoms with Gasteiger partial charge in [-0.2, -0.15) is 0 Å². The number of carbonyl (C=O) groups excluding carboxylic acids is 3. The number of rotatable bonds is 12. The maximum atomic E-state index is 14.6. The number of amides is 3. The predicted octanol–water partition coefficient (Wildman–Crippen LogP) is 6.80. The number of carbonyl (C=O) groups is 3. The lowest BCUT2D eigenvalue weighted by Crippen LogP contribution is -2.55. The molecule has 2 N–H and O–H groups in total. The van der Waals surface area contributed by atoms with E-state index in [1.807, 2.05) is 83.1 Å². The molecule has 0 aromatic heterocycles. The monoisotopic (exact) mass is 565 g/mol. The SMILES string of the molecule is CCCCCCN(C(=O)C(Cc1ccccc1)NC(=O)OC(C)(C)C)C(C(=O)NC(C)(C)C)c1cc(C)ccc1C. The number of nitrogens with one attached hydrogen (secondary N) is 2. The van der Waals surface area contributed by atoms with E-state index in [-0.39, 0.29) is 18.2 Å². The molecule has 3 amide bonds. The summed E-state index contributed by atoms with van der Waals surface area (Å²) in [5.41, 5.74) is 2.39. The van der Waals surface area contributed by atoms with E-state index in [2.05, 4.69) is 17.6 Å². The Morgan fingerprint density at radius 3 is 2.15 bits per heavy atom. The smallest absolute Gasteiger partial charge is 0.408 e. The first-order chi connectivity index (χ1) is 19.1. The van der Waals surface area contributed by atoms with Crippen LogP contribution in [0.4, 0.5) is 4.79 Å². The fraction of sp³-hybridized carbons (Fsp3) is 0.559. The van der Waals surface area contributed by atoms with Gasteiger partial charge in [0.2, 0.25) is 11.8 Å². The number of hydrogen-bond donors (Lipinski definition) is 2. The zero-order chi connectivity index (χ0) is 30.8. The van der Waals surface area contributed by atoms with Crippen LogP contribution in [0.1, 0.15) is 102 Å². The summed E-state index contributed by atoms with van der Waals surface area (Å²) in [5.74, 6) is -0.558. The van der Waals surface area contributed by atoms with Gasteiger partial charge < -0.3 is 20.3 Å². The van der Waals surface area contributed by atoms with E-state index in [1.54, 1.807) is 25.7 Å². The minimum atomic E-state index is -0.923. The molecule has 2 rings (SSSR count). The Balaban J connectivity index is 2.62. The molecule has 0 bridgehead atoms. The summed E-state index contributed by atoms with van der Waals surface area (Å²) in [4.78, 5) is 43.2. The standard InChI is InChI=1S/C34H51N3O4/c1-10-11-12-16-21-37(29(30(38)36-33(4,5)6)27-22-24(2)19-20-25(27)3)31(39)28(23-26-17-14-13-15-18-26)35-32(40)41-34(7,8)9/h13-15,17-20,22,28-29H,10-12,16,21,23H2,1-9H3,(H,35,40)(H,36,38). The van der Waals surface area contributed by atoms with Gasteiger partial charge in [0.25, 0.3) is 0 Å². The van der Waals surface area contributed by atoms with E-state index in [0.717, 1.165) is 47.9 Å². The zero-order valence-corrected chi connectivity index (χ0v) is 26.6. The molecule has 0 fully saturated rings. The van der Waals surface area contributed by atoms with Gasteiger partial charge in [0.05, 0.1) is 0 Å². The van der Waals surface area contributed by atoms with E-state index in [1.165, 1.54) is 0 Å². The highest BCUT2D eigenvalue weighted by Crippen LogP contribution is 2.28. The molecule has 0 saturated heterocycles. The molecular formula is C34H51N3O4. The molecule has 0 spiro atoms. The molecule has 2 aromatic rings. The molecule has 226 valence electrons. The van der Waals surface area contributed by atoms with Crippen molar-refractivity contribution in [1.29, 1.82) is 0 Å². The number of aryl methyl sites for hydroxylation is 2. The summed E-state index contributed by atoms with van der Waals surface area (Å²) in [6.07, 6.45) is 3.37. The Labute approximate surface area is 247 Å². The van der Waals surface area contributed by atoms with Gasteiger partial charge in [-0.05, 0) is 78.5 Å². The molecule has 2 unspecified atom stereocenters. The van der Waals surface area contributed by atoms with Gasteiger partial charge >= 0.3 is 6.09 Å². The fourth-order valence-electron chi connectivity index (χ4n) is 4.72. The molecule has 0 saturated carbocycles. The summed E-state index contributed by atoms with van der Waals surface area (Å²) in [6.45, 7) is 17.6. The zero-order valence-electron chi connectivity index (χ0n) is 26.6. The maximum absolute atomic E-state index is 14.6. The Hall–Kier alpha value is -3.35. The predicted molar refractivity (Wildman–Crippen MR) is 166 cm³/mol. The fourth-order valence-corrected chi connectivity index (χ4v) is 4.72. The Morgan fingerprint density at radius 2 is 1.56 bits per heavy atom. The average molecular weight is 566 g/mol.